The van der Waals surface area contributed by atoms with Gasteiger partial charge in [-0.05, 0) is 65.1 Å². The summed E-state index contributed by atoms with van der Waals surface area (Å²) in [6.07, 6.45) is -2.09. The number of rotatable bonds is 5. The van der Waals surface area contributed by atoms with Crippen molar-refractivity contribution in [2.75, 3.05) is 6.61 Å². The summed E-state index contributed by atoms with van der Waals surface area (Å²) < 4.78 is 17.4. The Hall–Kier alpha value is -1.69. The van der Waals surface area contributed by atoms with E-state index < -0.39 is 30.6 Å². The average molecular weight is 403 g/mol. The predicted molar refractivity (Wildman–Crippen MR) is 109 cm³/mol. The summed E-state index contributed by atoms with van der Waals surface area (Å²) in [5.74, 6) is -0.151. The lowest BCUT2D eigenvalue weighted by molar-refractivity contribution is -0.0687. The first-order chi connectivity index (χ1) is 14.2. The van der Waals surface area contributed by atoms with Gasteiger partial charge < -0.3 is 20.4 Å². The second kappa shape index (κ2) is 7.97. The van der Waals surface area contributed by atoms with E-state index in [1.165, 1.54) is 24.5 Å². The second-order valence-corrected chi connectivity index (χ2v) is 8.02. The van der Waals surface area contributed by atoms with Crippen LogP contribution in [0, 0.1) is 5.92 Å². The van der Waals surface area contributed by atoms with E-state index in [0.29, 0.717) is 22.6 Å². The van der Waals surface area contributed by atoms with Crippen LogP contribution < -0.4 is 0 Å². The lowest BCUT2D eigenvalue weighted by atomic mass is 9.81. The monoisotopic (exact) mass is 402 g/mol. The molecule has 2 aliphatic carbocycles. The van der Waals surface area contributed by atoms with Crippen LogP contribution in [-0.4, -0.2) is 45.3 Å². The van der Waals surface area contributed by atoms with Crippen LogP contribution in [0.5, 0.6) is 0 Å². The van der Waals surface area contributed by atoms with E-state index in [4.69, 9.17) is 14.3 Å². The first-order valence-corrected chi connectivity index (χ1v) is 9.89. The molecule has 0 spiro atoms. The number of hydrogen-bond acceptors (Lipinski definition) is 4. The molecule has 0 heterocycles. The Labute approximate surface area is 172 Å². The molecule has 4 atom stereocenters. The maximum Gasteiger partial charge on any atom is 0.111 e. The summed E-state index contributed by atoms with van der Waals surface area (Å²) in [4.78, 5) is 0. The predicted octanol–water partition coefficient (Wildman–Crippen LogP) is 2.90. The minimum atomic E-state index is -1.87. The highest BCUT2D eigenvalue weighted by molar-refractivity contribution is 6.31. The SMILES string of the molecule is [2H]C([2H])(c1ccc(C2CC2)cc1)c1cc(C2=C[C@H](CO)[C@@H](O)[C@H](O)[C@H]2O)ccc1Cl. The summed E-state index contributed by atoms with van der Waals surface area (Å²) in [5.41, 5.74) is 2.74. The Morgan fingerprint density at radius 3 is 2.36 bits per heavy atom. The lowest BCUT2D eigenvalue weighted by Gasteiger charge is -2.34. The number of aliphatic hydroxyl groups is 4. The van der Waals surface area contributed by atoms with Crippen LogP contribution in [0.25, 0.3) is 5.57 Å². The fourth-order valence-electron chi connectivity index (χ4n) is 3.69. The van der Waals surface area contributed by atoms with Crippen LogP contribution in [0.3, 0.4) is 0 Å². The van der Waals surface area contributed by atoms with Gasteiger partial charge in [-0.2, -0.15) is 0 Å². The number of hydrogen-bond donors (Lipinski definition) is 4. The molecule has 4 nitrogen and oxygen atoms in total. The largest absolute Gasteiger partial charge is 0.396 e. The molecule has 0 saturated heterocycles. The molecule has 0 aromatic heterocycles. The third-order valence-corrected chi connectivity index (χ3v) is 5.90. The molecule has 28 heavy (non-hydrogen) atoms. The van der Waals surface area contributed by atoms with Gasteiger partial charge in [-0.3, -0.25) is 0 Å². The first kappa shape index (κ1) is 17.2. The highest BCUT2D eigenvalue weighted by Crippen LogP contribution is 2.40. The second-order valence-electron chi connectivity index (χ2n) is 7.61. The van der Waals surface area contributed by atoms with Crippen LogP contribution in [0.4, 0.5) is 0 Å². The summed E-state index contributed by atoms with van der Waals surface area (Å²) >= 11 is 6.35. The molecular weight excluding hydrogens is 376 g/mol. The van der Waals surface area contributed by atoms with Gasteiger partial charge in [0.05, 0.1) is 12.7 Å². The van der Waals surface area contributed by atoms with E-state index in [9.17, 15) is 20.4 Å². The molecule has 1 saturated carbocycles. The van der Waals surface area contributed by atoms with Crippen LogP contribution in [-0.2, 0) is 6.37 Å². The maximum atomic E-state index is 10.5. The topological polar surface area (TPSA) is 80.9 Å². The van der Waals surface area contributed by atoms with Gasteiger partial charge >= 0.3 is 0 Å². The highest BCUT2D eigenvalue weighted by Gasteiger charge is 2.37. The van der Waals surface area contributed by atoms with Gasteiger partial charge in [0, 0.05) is 13.7 Å². The number of aliphatic hydroxyl groups excluding tert-OH is 4. The molecular formula is C23H25ClO4. The van der Waals surface area contributed by atoms with Crippen molar-refractivity contribution in [2.24, 2.45) is 5.92 Å². The van der Waals surface area contributed by atoms with Crippen molar-refractivity contribution >= 4 is 17.2 Å². The average Bonchev–Trinajstić information content (AvgIpc) is 3.58. The highest BCUT2D eigenvalue weighted by atomic mass is 35.5. The van der Waals surface area contributed by atoms with Gasteiger partial charge in [-0.15, -0.1) is 0 Å². The summed E-state index contributed by atoms with van der Waals surface area (Å²) in [6.45, 7) is -0.386. The molecule has 2 aromatic carbocycles. The Morgan fingerprint density at radius 2 is 1.71 bits per heavy atom. The van der Waals surface area contributed by atoms with Crippen molar-refractivity contribution in [3.63, 3.8) is 0 Å². The van der Waals surface area contributed by atoms with Crippen molar-refractivity contribution < 1.29 is 23.2 Å². The first-order valence-electron chi connectivity index (χ1n) is 10.5. The van der Waals surface area contributed by atoms with Crippen LogP contribution >= 0.6 is 11.6 Å². The third kappa shape index (κ3) is 3.88. The molecule has 2 aliphatic rings. The van der Waals surface area contributed by atoms with E-state index in [2.05, 4.69) is 0 Å². The van der Waals surface area contributed by atoms with Gasteiger partial charge in [0.2, 0.25) is 0 Å². The van der Waals surface area contributed by atoms with E-state index in [1.807, 2.05) is 12.1 Å². The van der Waals surface area contributed by atoms with Crippen molar-refractivity contribution in [1.29, 1.82) is 0 Å². The fraction of sp³-hybridized carbons (Fsp3) is 0.391. The van der Waals surface area contributed by atoms with Gasteiger partial charge in [0.15, 0.2) is 0 Å². The minimum Gasteiger partial charge on any atom is -0.396 e. The van der Waals surface area contributed by atoms with Crippen LogP contribution in [0.1, 0.15) is 43.8 Å². The molecule has 4 rings (SSSR count). The maximum absolute atomic E-state index is 10.5. The van der Waals surface area contributed by atoms with Crippen LogP contribution in [0.2, 0.25) is 5.02 Å². The number of halogens is 1. The molecule has 2 aromatic rings. The van der Waals surface area contributed by atoms with Gasteiger partial charge in [-0.1, -0.05) is 48.0 Å². The van der Waals surface area contributed by atoms with E-state index >= 15 is 0 Å². The molecule has 0 unspecified atom stereocenters. The summed E-state index contributed by atoms with van der Waals surface area (Å²) in [6, 6.07) is 12.2. The lowest BCUT2D eigenvalue weighted by Crippen LogP contribution is -2.46. The van der Waals surface area contributed by atoms with Crippen molar-refractivity contribution in [1.82, 2.24) is 0 Å². The number of benzene rings is 2. The van der Waals surface area contributed by atoms with E-state index in [0.717, 1.165) is 0 Å². The van der Waals surface area contributed by atoms with Gasteiger partial charge in [0.25, 0.3) is 0 Å². The molecule has 0 amide bonds. The Balaban J connectivity index is 1.72. The van der Waals surface area contributed by atoms with Crippen molar-refractivity contribution in [2.45, 2.75) is 43.4 Å². The van der Waals surface area contributed by atoms with Crippen molar-refractivity contribution in [3.8, 4) is 0 Å². The smallest absolute Gasteiger partial charge is 0.111 e. The minimum absolute atomic E-state index is 0.245. The quantitative estimate of drug-likeness (QED) is 0.620. The van der Waals surface area contributed by atoms with E-state index in [1.54, 1.807) is 30.3 Å². The Bertz CT molecular complexity index is 956. The molecule has 0 radical (unpaired) electrons. The van der Waals surface area contributed by atoms with Gasteiger partial charge in [-0.25, -0.2) is 0 Å². The Morgan fingerprint density at radius 1 is 1.00 bits per heavy atom. The zero-order valence-corrected chi connectivity index (χ0v) is 16.0. The van der Waals surface area contributed by atoms with Crippen molar-refractivity contribution in [3.05, 3.63) is 75.8 Å². The Kier molecular flexibility index (Phi) is 4.90. The summed E-state index contributed by atoms with van der Waals surface area (Å²) in [5, 5.41) is 40.4. The standard InChI is InChI=1S/C23H25ClO4/c24-20-8-7-16(19-11-18(12-25)21(26)23(28)22(19)27)10-17(20)9-13-1-3-14(4-2-13)15-5-6-15/h1-4,7-8,10-11,15,18,21-23,25-28H,5-6,9,12H2/t18-,21-,22+,23+/m1/s1/i9D2. The van der Waals surface area contributed by atoms with Crippen LogP contribution in [0.15, 0.2) is 48.5 Å². The molecule has 4 N–H and O–H groups in total. The molecule has 0 aliphatic heterocycles. The third-order valence-electron chi connectivity index (χ3n) is 5.57. The molecule has 148 valence electrons. The van der Waals surface area contributed by atoms with E-state index in [-0.39, 0.29) is 17.2 Å². The molecule has 0 bridgehead atoms. The summed E-state index contributed by atoms with van der Waals surface area (Å²) in [7, 11) is 0. The normalized spacial score (nSPS) is 29.1. The fourth-order valence-corrected chi connectivity index (χ4v) is 3.86. The molecule has 5 heteroatoms. The zero-order valence-electron chi connectivity index (χ0n) is 17.3. The molecule has 1 fully saturated rings. The zero-order chi connectivity index (χ0) is 21.6. The van der Waals surface area contributed by atoms with Gasteiger partial charge in [0.1, 0.15) is 12.2 Å².